The minimum atomic E-state index is -3.99. The van der Waals surface area contributed by atoms with Gasteiger partial charge in [-0.3, -0.25) is 0 Å². The largest absolute Gasteiger partial charge is 0.411 e. The molecule has 0 spiro atoms. The molecule has 80 valence electrons. The summed E-state index contributed by atoms with van der Waals surface area (Å²) in [6.07, 6.45) is 1.02. The van der Waals surface area contributed by atoms with Crippen molar-refractivity contribution in [2.24, 2.45) is 0 Å². The third kappa shape index (κ3) is 1.53. The number of nitrogens with zero attached hydrogens (tertiary/aromatic N) is 2. The third-order valence-electron chi connectivity index (χ3n) is 1.89. The number of benzene rings is 1. The highest BCUT2D eigenvalue weighted by Gasteiger charge is 2.19. The summed E-state index contributed by atoms with van der Waals surface area (Å²) in [6.45, 7) is 0. The number of fused-ring (bicyclic) bond motifs is 1. The molecule has 0 aliphatic heterocycles. The maximum atomic E-state index is 13.2. The Morgan fingerprint density at radius 1 is 1.47 bits per heavy atom. The topological polar surface area (TPSA) is 72.2 Å². The zero-order valence-electron chi connectivity index (χ0n) is 7.05. The Labute approximate surface area is 88.1 Å². The normalized spacial score (nSPS) is 12.1. The van der Waals surface area contributed by atoms with Crippen LogP contribution in [0, 0.1) is 5.82 Å². The van der Waals surface area contributed by atoms with Crippen molar-refractivity contribution in [3.05, 3.63) is 24.1 Å². The van der Waals surface area contributed by atoms with Gasteiger partial charge in [0.1, 0.15) is 5.52 Å². The van der Waals surface area contributed by atoms with Crippen LogP contribution in [0.5, 0.6) is 0 Å². The number of halogens is 2. The quantitative estimate of drug-likeness (QED) is 0.612. The Bertz CT molecular complexity index is 637. The van der Waals surface area contributed by atoms with Gasteiger partial charge in [-0.15, -0.1) is 5.10 Å². The Morgan fingerprint density at radius 3 is 2.73 bits per heavy atom. The van der Waals surface area contributed by atoms with Crippen molar-refractivity contribution in [1.29, 1.82) is 0 Å². The van der Waals surface area contributed by atoms with Crippen LogP contribution in [0.15, 0.2) is 23.2 Å². The van der Waals surface area contributed by atoms with Crippen molar-refractivity contribution in [2.75, 3.05) is 0 Å². The van der Waals surface area contributed by atoms with Gasteiger partial charge in [0, 0.05) is 16.1 Å². The van der Waals surface area contributed by atoms with Crippen LogP contribution in [0.4, 0.5) is 4.39 Å². The molecule has 0 bridgehead atoms. The van der Waals surface area contributed by atoms with Crippen LogP contribution in [0.25, 0.3) is 10.9 Å². The number of hydrogen-bond donors (Lipinski definition) is 1. The molecule has 2 rings (SSSR count). The number of rotatable bonds is 1. The summed E-state index contributed by atoms with van der Waals surface area (Å²) in [5.41, 5.74) is -0.322. The second-order valence-corrected chi connectivity index (χ2v) is 5.31. The van der Waals surface area contributed by atoms with E-state index in [9.17, 15) is 12.8 Å². The van der Waals surface area contributed by atoms with E-state index in [0.717, 1.165) is 18.3 Å². The molecule has 1 N–H and O–H groups in total. The molecule has 2 aromatic rings. The minimum Gasteiger partial charge on any atom is -0.411 e. The lowest BCUT2D eigenvalue weighted by molar-refractivity contribution is 0.159. The van der Waals surface area contributed by atoms with Gasteiger partial charge in [0.2, 0.25) is 0 Å². The summed E-state index contributed by atoms with van der Waals surface area (Å²) >= 11 is 0. The number of aromatic nitrogens is 2. The Hall–Kier alpha value is -1.34. The molecular formula is C7H4ClFN2O3S. The van der Waals surface area contributed by atoms with Crippen LogP contribution in [0.2, 0.25) is 0 Å². The number of hydrogen-bond acceptors (Lipinski definition) is 4. The van der Waals surface area contributed by atoms with Crippen LogP contribution in [-0.4, -0.2) is 23.6 Å². The predicted molar refractivity (Wildman–Crippen MR) is 49.9 cm³/mol. The third-order valence-corrected chi connectivity index (χ3v) is 3.27. The molecule has 1 aromatic carbocycles. The van der Waals surface area contributed by atoms with Crippen molar-refractivity contribution in [3.63, 3.8) is 0 Å². The molecular weight excluding hydrogens is 247 g/mol. The fourth-order valence-corrected chi connectivity index (χ4v) is 2.32. The molecule has 0 saturated carbocycles. The zero-order chi connectivity index (χ0) is 11.2. The lowest BCUT2D eigenvalue weighted by Crippen LogP contribution is -1.96. The van der Waals surface area contributed by atoms with E-state index in [1.165, 1.54) is 0 Å². The molecule has 8 heteroatoms. The molecule has 0 atom stereocenters. The van der Waals surface area contributed by atoms with E-state index in [-0.39, 0.29) is 20.6 Å². The van der Waals surface area contributed by atoms with Gasteiger partial charge in [-0.1, -0.05) is 4.85 Å². The lowest BCUT2D eigenvalue weighted by Gasteiger charge is -1.99. The first-order valence-corrected chi connectivity index (χ1v) is 6.02. The Balaban J connectivity index is 2.98. The summed E-state index contributed by atoms with van der Waals surface area (Å²) in [7, 11) is 1.14. The molecule has 0 amide bonds. The van der Waals surface area contributed by atoms with Gasteiger partial charge in [-0.25, -0.2) is 12.8 Å². The van der Waals surface area contributed by atoms with E-state index in [2.05, 4.69) is 5.10 Å². The Morgan fingerprint density at radius 2 is 2.13 bits per heavy atom. The second kappa shape index (κ2) is 3.07. The summed E-state index contributed by atoms with van der Waals surface area (Å²) < 4.78 is 35.4. The summed E-state index contributed by atoms with van der Waals surface area (Å²) in [5, 5.41) is 12.4. The van der Waals surface area contributed by atoms with Gasteiger partial charge in [-0.2, -0.15) is 0 Å². The molecule has 0 unspecified atom stereocenters. The van der Waals surface area contributed by atoms with E-state index >= 15 is 0 Å². The van der Waals surface area contributed by atoms with Gasteiger partial charge in [0.25, 0.3) is 9.05 Å². The first kappa shape index (κ1) is 10.2. The van der Waals surface area contributed by atoms with Crippen LogP contribution >= 0.6 is 10.7 Å². The standard InChI is InChI=1S/C7H4ClFN2O3S/c8-15(13,14)6-2-1-5(9)7-4(6)3-10-11(7)12/h1-3,12H. The van der Waals surface area contributed by atoms with Crippen molar-refractivity contribution in [1.82, 2.24) is 9.94 Å². The van der Waals surface area contributed by atoms with Gasteiger partial charge in [0.15, 0.2) is 5.82 Å². The average Bonchev–Trinajstić information content (AvgIpc) is 2.47. The van der Waals surface area contributed by atoms with E-state index in [1.54, 1.807) is 0 Å². The van der Waals surface area contributed by atoms with Gasteiger partial charge >= 0.3 is 0 Å². The monoisotopic (exact) mass is 250 g/mol. The molecule has 15 heavy (non-hydrogen) atoms. The smallest absolute Gasteiger partial charge is 0.262 e. The molecule has 1 aromatic heterocycles. The average molecular weight is 251 g/mol. The van der Waals surface area contributed by atoms with Gasteiger partial charge in [-0.05, 0) is 12.1 Å². The predicted octanol–water partition coefficient (Wildman–Crippen LogP) is 1.34. The van der Waals surface area contributed by atoms with E-state index < -0.39 is 14.9 Å². The Kier molecular flexibility index (Phi) is 2.09. The van der Waals surface area contributed by atoms with Gasteiger partial charge in [0.05, 0.1) is 11.1 Å². The molecule has 0 aliphatic rings. The van der Waals surface area contributed by atoms with Crippen LogP contribution < -0.4 is 0 Å². The molecule has 0 saturated heterocycles. The highest BCUT2D eigenvalue weighted by molar-refractivity contribution is 8.14. The highest BCUT2D eigenvalue weighted by Crippen LogP contribution is 2.26. The first-order chi connectivity index (χ1) is 6.91. The molecule has 0 radical (unpaired) electrons. The summed E-state index contributed by atoms with van der Waals surface area (Å²) in [4.78, 5) is -0.0307. The van der Waals surface area contributed by atoms with Crippen molar-refractivity contribution in [3.8, 4) is 0 Å². The minimum absolute atomic E-state index is 0.0625. The second-order valence-electron chi connectivity index (χ2n) is 2.78. The maximum Gasteiger partial charge on any atom is 0.262 e. The SMILES string of the molecule is O=S(=O)(Cl)c1ccc(F)c2c1cnn2O. The van der Waals surface area contributed by atoms with Crippen LogP contribution in [-0.2, 0) is 9.05 Å². The first-order valence-electron chi connectivity index (χ1n) is 3.71. The maximum absolute atomic E-state index is 13.2. The fourth-order valence-electron chi connectivity index (χ4n) is 1.27. The zero-order valence-corrected chi connectivity index (χ0v) is 8.63. The van der Waals surface area contributed by atoms with Crippen molar-refractivity contribution < 1.29 is 18.0 Å². The summed E-state index contributed by atoms with van der Waals surface area (Å²) in [5.74, 6) is -0.783. The van der Waals surface area contributed by atoms with Gasteiger partial charge < -0.3 is 5.21 Å². The van der Waals surface area contributed by atoms with E-state index in [1.807, 2.05) is 0 Å². The summed E-state index contributed by atoms with van der Waals surface area (Å²) in [6, 6.07) is 1.91. The highest BCUT2D eigenvalue weighted by atomic mass is 35.7. The van der Waals surface area contributed by atoms with E-state index in [0.29, 0.717) is 0 Å². The lowest BCUT2D eigenvalue weighted by atomic mass is 10.2. The van der Waals surface area contributed by atoms with Crippen molar-refractivity contribution >= 4 is 30.6 Å². The molecule has 0 aliphatic carbocycles. The molecule has 1 heterocycles. The van der Waals surface area contributed by atoms with Crippen LogP contribution in [0.1, 0.15) is 0 Å². The van der Waals surface area contributed by atoms with Crippen molar-refractivity contribution in [2.45, 2.75) is 4.90 Å². The molecule has 0 fully saturated rings. The van der Waals surface area contributed by atoms with E-state index in [4.69, 9.17) is 15.9 Å². The fraction of sp³-hybridized carbons (Fsp3) is 0. The molecule has 5 nitrogen and oxygen atoms in total. The van der Waals surface area contributed by atoms with Crippen LogP contribution in [0.3, 0.4) is 0 Å².